The summed E-state index contributed by atoms with van der Waals surface area (Å²) in [4.78, 5) is 0. The largest absolute Gasteiger partial charge is 0.381 e. The Balaban J connectivity index is 2.85. The Kier molecular flexibility index (Phi) is 16.9. The molecule has 0 N–H and O–H groups in total. The Morgan fingerprint density at radius 3 is 1.65 bits per heavy atom. The first-order valence-corrected chi connectivity index (χ1v) is 8.67. The first-order chi connectivity index (χ1) is 8.41. The maximum Gasteiger partial charge on any atom is 0.0466 e. The second kappa shape index (κ2) is 16.4. The molecule has 0 spiro atoms. The van der Waals surface area contributed by atoms with E-state index < -0.39 is 0 Å². The Morgan fingerprint density at radius 1 is 0.647 bits per heavy atom. The van der Waals surface area contributed by atoms with E-state index in [9.17, 15) is 0 Å². The fraction of sp³-hybridized carbons (Fsp3) is 1.00. The first kappa shape index (κ1) is 17.4. The summed E-state index contributed by atoms with van der Waals surface area (Å²) in [7, 11) is 0. The van der Waals surface area contributed by atoms with Gasteiger partial charge in [0.1, 0.15) is 0 Å². The first-order valence-electron chi connectivity index (χ1n) is 7.55. The number of alkyl halides is 1. The van der Waals surface area contributed by atoms with E-state index >= 15 is 0 Å². The predicted octanol–water partition coefficient (Wildman–Crippen LogP) is 5.71. The SMILES string of the molecule is CCCCCCCCCOCCCCCCBr. The zero-order chi connectivity index (χ0) is 12.6. The molecule has 0 aromatic carbocycles. The van der Waals surface area contributed by atoms with Crippen molar-refractivity contribution < 1.29 is 4.74 Å². The van der Waals surface area contributed by atoms with Gasteiger partial charge in [-0.25, -0.2) is 0 Å². The van der Waals surface area contributed by atoms with Crippen molar-refractivity contribution in [3.8, 4) is 0 Å². The van der Waals surface area contributed by atoms with Gasteiger partial charge >= 0.3 is 0 Å². The van der Waals surface area contributed by atoms with Crippen LogP contribution < -0.4 is 0 Å². The minimum absolute atomic E-state index is 0.970. The van der Waals surface area contributed by atoms with Crippen LogP contribution in [0.15, 0.2) is 0 Å². The van der Waals surface area contributed by atoms with Gasteiger partial charge in [0, 0.05) is 18.5 Å². The molecule has 0 aromatic rings. The molecule has 2 heteroatoms. The molecule has 0 aliphatic carbocycles. The van der Waals surface area contributed by atoms with Crippen LogP contribution in [0.25, 0.3) is 0 Å². The molecule has 0 radical (unpaired) electrons. The van der Waals surface area contributed by atoms with Gasteiger partial charge in [-0.3, -0.25) is 0 Å². The molecule has 0 atom stereocenters. The molecule has 0 aromatic heterocycles. The Bertz CT molecular complexity index is 114. The zero-order valence-electron chi connectivity index (χ0n) is 11.7. The van der Waals surface area contributed by atoms with Gasteiger partial charge < -0.3 is 4.74 Å². The van der Waals surface area contributed by atoms with Gasteiger partial charge in [-0.2, -0.15) is 0 Å². The maximum absolute atomic E-state index is 5.63. The lowest BCUT2D eigenvalue weighted by Crippen LogP contribution is -1.97. The van der Waals surface area contributed by atoms with Crippen molar-refractivity contribution in [2.75, 3.05) is 18.5 Å². The van der Waals surface area contributed by atoms with Crippen LogP contribution in [0.4, 0.5) is 0 Å². The van der Waals surface area contributed by atoms with Crippen molar-refractivity contribution in [3.63, 3.8) is 0 Å². The van der Waals surface area contributed by atoms with Crippen LogP contribution in [0.1, 0.15) is 77.6 Å². The summed E-state index contributed by atoms with van der Waals surface area (Å²) in [6.07, 6.45) is 14.8. The van der Waals surface area contributed by atoms with E-state index in [1.807, 2.05) is 0 Å². The van der Waals surface area contributed by atoms with Crippen LogP contribution in [-0.2, 0) is 4.74 Å². The van der Waals surface area contributed by atoms with Crippen molar-refractivity contribution in [3.05, 3.63) is 0 Å². The fourth-order valence-electron chi connectivity index (χ4n) is 1.92. The maximum atomic E-state index is 5.63. The second-order valence-corrected chi connectivity index (χ2v) is 5.63. The molecule has 0 heterocycles. The highest BCUT2D eigenvalue weighted by Gasteiger charge is 1.92. The molecule has 0 aliphatic rings. The third-order valence-corrected chi connectivity index (χ3v) is 3.63. The lowest BCUT2D eigenvalue weighted by Gasteiger charge is -2.04. The number of unbranched alkanes of at least 4 members (excludes halogenated alkanes) is 9. The molecule has 0 fully saturated rings. The van der Waals surface area contributed by atoms with Crippen LogP contribution in [0, 0.1) is 0 Å². The second-order valence-electron chi connectivity index (χ2n) is 4.84. The Hall–Kier alpha value is 0.440. The monoisotopic (exact) mass is 306 g/mol. The summed E-state index contributed by atoms with van der Waals surface area (Å²) < 4.78 is 5.63. The van der Waals surface area contributed by atoms with E-state index in [0.29, 0.717) is 0 Å². The van der Waals surface area contributed by atoms with Crippen molar-refractivity contribution in [1.82, 2.24) is 0 Å². The highest BCUT2D eigenvalue weighted by atomic mass is 79.9. The van der Waals surface area contributed by atoms with Gasteiger partial charge in [0.15, 0.2) is 0 Å². The van der Waals surface area contributed by atoms with Crippen LogP contribution >= 0.6 is 15.9 Å². The van der Waals surface area contributed by atoms with Gasteiger partial charge in [-0.15, -0.1) is 0 Å². The highest BCUT2D eigenvalue weighted by molar-refractivity contribution is 9.09. The van der Waals surface area contributed by atoms with Crippen LogP contribution in [-0.4, -0.2) is 18.5 Å². The molecule has 0 saturated carbocycles. The summed E-state index contributed by atoms with van der Waals surface area (Å²) in [6.45, 7) is 4.22. The lowest BCUT2D eigenvalue weighted by atomic mass is 10.1. The summed E-state index contributed by atoms with van der Waals surface area (Å²) in [6, 6.07) is 0. The molecule has 0 aliphatic heterocycles. The van der Waals surface area contributed by atoms with Gasteiger partial charge in [0.2, 0.25) is 0 Å². The minimum atomic E-state index is 0.970. The molecule has 0 unspecified atom stereocenters. The lowest BCUT2D eigenvalue weighted by molar-refractivity contribution is 0.126. The normalized spacial score (nSPS) is 10.9. The van der Waals surface area contributed by atoms with Gasteiger partial charge in [-0.1, -0.05) is 74.2 Å². The Morgan fingerprint density at radius 2 is 1.12 bits per heavy atom. The quantitative estimate of drug-likeness (QED) is 0.295. The van der Waals surface area contributed by atoms with E-state index in [1.165, 1.54) is 70.6 Å². The molecule has 1 nitrogen and oxygen atoms in total. The van der Waals surface area contributed by atoms with Crippen molar-refractivity contribution >= 4 is 15.9 Å². The van der Waals surface area contributed by atoms with Gasteiger partial charge in [0.25, 0.3) is 0 Å². The molecule has 0 saturated heterocycles. The molecule has 104 valence electrons. The Labute approximate surface area is 117 Å². The van der Waals surface area contributed by atoms with Crippen LogP contribution in [0.5, 0.6) is 0 Å². The van der Waals surface area contributed by atoms with Crippen molar-refractivity contribution in [1.29, 1.82) is 0 Å². The molecule has 0 amide bonds. The molecule has 0 bridgehead atoms. The summed E-state index contributed by atoms with van der Waals surface area (Å²) in [5, 5.41) is 1.14. The standard InChI is InChI=1S/C15H31BrO/c1-2-3-4-5-6-8-11-14-17-15-12-9-7-10-13-16/h2-15H2,1H3. The summed E-state index contributed by atoms with van der Waals surface area (Å²) in [5.41, 5.74) is 0. The average molecular weight is 307 g/mol. The number of hydrogen-bond donors (Lipinski definition) is 0. The zero-order valence-corrected chi connectivity index (χ0v) is 13.3. The van der Waals surface area contributed by atoms with E-state index in [-0.39, 0.29) is 0 Å². The predicted molar refractivity (Wildman–Crippen MR) is 81.1 cm³/mol. The van der Waals surface area contributed by atoms with Crippen molar-refractivity contribution in [2.45, 2.75) is 77.6 Å². The van der Waals surface area contributed by atoms with E-state index in [1.54, 1.807) is 0 Å². The third kappa shape index (κ3) is 16.4. The molecular weight excluding hydrogens is 276 g/mol. The summed E-state index contributed by atoms with van der Waals surface area (Å²) in [5.74, 6) is 0. The average Bonchev–Trinajstić information content (AvgIpc) is 2.35. The van der Waals surface area contributed by atoms with E-state index in [2.05, 4.69) is 22.9 Å². The highest BCUT2D eigenvalue weighted by Crippen LogP contribution is 2.07. The topological polar surface area (TPSA) is 9.23 Å². The van der Waals surface area contributed by atoms with E-state index in [4.69, 9.17) is 4.74 Å². The number of ether oxygens (including phenoxy) is 1. The van der Waals surface area contributed by atoms with E-state index in [0.717, 1.165) is 18.5 Å². The molecule has 0 rings (SSSR count). The third-order valence-electron chi connectivity index (χ3n) is 3.06. The number of hydrogen-bond acceptors (Lipinski definition) is 1. The smallest absolute Gasteiger partial charge is 0.0466 e. The number of halogens is 1. The number of rotatable bonds is 14. The minimum Gasteiger partial charge on any atom is -0.381 e. The molecular formula is C15H31BrO. The van der Waals surface area contributed by atoms with Crippen molar-refractivity contribution in [2.24, 2.45) is 0 Å². The summed E-state index contributed by atoms with van der Waals surface area (Å²) >= 11 is 3.45. The van der Waals surface area contributed by atoms with Gasteiger partial charge in [0.05, 0.1) is 0 Å². The van der Waals surface area contributed by atoms with Crippen LogP contribution in [0.2, 0.25) is 0 Å². The molecule has 17 heavy (non-hydrogen) atoms. The van der Waals surface area contributed by atoms with Gasteiger partial charge in [-0.05, 0) is 19.3 Å². The fourth-order valence-corrected chi connectivity index (χ4v) is 2.31. The van der Waals surface area contributed by atoms with Crippen LogP contribution in [0.3, 0.4) is 0 Å².